The molecule has 1 N–H and O–H groups in total. The average molecular weight is 219 g/mol. The van der Waals surface area contributed by atoms with E-state index in [2.05, 4.69) is 10.1 Å². The summed E-state index contributed by atoms with van der Waals surface area (Å²) in [6.45, 7) is 5.45. The number of methoxy groups -OCH3 is 1. The molecule has 14 heavy (non-hydrogen) atoms. The van der Waals surface area contributed by atoms with E-state index in [1.807, 2.05) is 13.8 Å². The van der Waals surface area contributed by atoms with Crippen LogP contribution >= 0.6 is 11.8 Å². The van der Waals surface area contributed by atoms with E-state index in [1.165, 1.54) is 14.0 Å². The van der Waals surface area contributed by atoms with Crippen LogP contribution in [0.1, 0.15) is 20.8 Å². The first kappa shape index (κ1) is 13.3. The molecular formula is C9H17NO3S. The van der Waals surface area contributed by atoms with Crippen LogP contribution in [0.3, 0.4) is 0 Å². The van der Waals surface area contributed by atoms with Crippen LogP contribution in [-0.4, -0.2) is 36.0 Å². The van der Waals surface area contributed by atoms with Crippen molar-refractivity contribution in [2.45, 2.75) is 32.1 Å². The highest BCUT2D eigenvalue weighted by molar-refractivity contribution is 7.99. The molecule has 1 amide bonds. The number of esters is 1. The first-order chi connectivity index (χ1) is 6.47. The van der Waals surface area contributed by atoms with Crippen molar-refractivity contribution in [1.82, 2.24) is 5.32 Å². The lowest BCUT2D eigenvalue weighted by atomic mass is 10.3. The van der Waals surface area contributed by atoms with Crippen molar-refractivity contribution >= 4 is 23.6 Å². The summed E-state index contributed by atoms with van der Waals surface area (Å²) in [6.07, 6.45) is 0. The number of hydrogen-bond acceptors (Lipinski definition) is 4. The Kier molecular flexibility index (Phi) is 6.36. The second-order valence-electron chi connectivity index (χ2n) is 3.16. The molecule has 0 aromatic rings. The van der Waals surface area contributed by atoms with E-state index in [-0.39, 0.29) is 5.91 Å². The first-order valence-electron chi connectivity index (χ1n) is 4.44. The monoisotopic (exact) mass is 219 g/mol. The molecule has 0 saturated carbocycles. The van der Waals surface area contributed by atoms with Gasteiger partial charge in [-0.05, 0) is 5.25 Å². The minimum atomic E-state index is -0.537. The number of amides is 1. The fourth-order valence-corrected chi connectivity index (χ4v) is 1.64. The summed E-state index contributed by atoms with van der Waals surface area (Å²) in [4.78, 5) is 22.0. The molecule has 0 rings (SSSR count). The predicted molar refractivity (Wildman–Crippen MR) is 57.2 cm³/mol. The lowest BCUT2D eigenvalue weighted by Gasteiger charge is -2.15. The largest absolute Gasteiger partial charge is 0.467 e. The lowest BCUT2D eigenvalue weighted by molar-refractivity contribution is -0.144. The van der Waals surface area contributed by atoms with Gasteiger partial charge in [0.1, 0.15) is 6.04 Å². The van der Waals surface area contributed by atoms with Crippen molar-refractivity contribution in [3.63, 3.8) is 0 Å². The fraction of sp³-hybridized carbons (Fsp3) is 0.778. The Labute approximate surface area is 88.8 Å². The molecule has 0 fully saturated rings. The van der Waals surface area contributed by atoms with Crippen LogP contribution in [0.25, 0.3) is 0 Å². The summed E-state index contributed by atoms with van der Waals surface area (Å²) in [6, 6.07) is -0.537. The molecule has 0 saturated heterocycles. The Bertz CT molecular complexity index is 206. The van der Waals surface area contributed by atoms with E-state index in [0.717, 1.165) is 0 Å². The number of ether oxygens (including phenoxy) is 1. The number of carbonyl (C=O) groups excluding carboxylic acids is 2. The normalized spacial score (nSPS) is 12.4. The highest BCUT2D eigenvalue weighted by Crippen LogP contribution is 2.11. The number of nitrogens with one attached hydrogen (secondary N) is 1. The van der Waals surface area contributed by atoms with Crippen molar-refractivity contribution in [3.05, 3.63) is 0 Å². The Morgan fingerprint density at radius 2 is 2.00 bits per heavy atom. The molecule has 4 nitrogen and oxygen atoms in total. The number of rotatable bonds is 5. The topological polar surface area (TPSA) is 55.4 Å². The second kappa shape index (κ2) is 6.70. The van der Waals surface area contributed by atoms with Gasteiger partial charge in [0.05, 0.1) is 7.11 Å². The zero-order chi connectivity index (χ0) is 11.1. The van der Waals surface area contributed by atoms with Gasteiger partial charge in [-0.15, -0.1) is 0 Å². The maximum Gasteiger partial charge on any atom is 0.329 e. The van der Waals surface area contributed by atoms with E-state index in [4.69, 9.17) is 0 Å². The number of carbonyl (C=O) groups is 2. The van der Waals surface area contributed by atoms with Gasteiger partial charge in [0.25, 0.3) is 0 Å². The van der Waals surface area contributed by atoms with Gasteiger partial charge in [-0.3, -0.25) is 4.79 Å². The molecule has 0 bridgehead atoms. The minimum Gasteiger partial charge on any atom is -0.467 e. The van der Waals surface area contributed by atoms with E-state index in [1.54, 1.807) is 11.8 Å². The molecule has 0 radical (unpaired) electrons. The second-order valence-corrected chi connectivity index (χ2v) is 4.77. The standard InChI is InChI=1S/C9H17NO3S/c1-6(2)14-5-8(9(12)13-4)10-7(3)11/h6,8H,5H2,1-4H3,(H,10,11)/t8-/m0/s1. The summed E-state index contributed by atoms with van der Waals surface area (Å²) < 4.78 is 4.58. The van der Waals surface area contributed by atoms with Crippen molar-refractivity contribution < 1.29 is 14.3 Å². The summed E-state index contributed by atoms with van der Waals surface area (Å²) in [7, 11) is 1.32. The van der Waals surface area contributed by atoms with Gasteiger partial charge in [-0.25, -0.2) is 4.79 Å². The van der Waals surface area contributed by atoms with E-state index >= 15 is 0 Å². The van der Waals surface area contributed by atoms with Gasteiger partial charge in [0.15, 0.2) is 0 Å². The Morgan fingerprint density at radius 3 is 2.36 bits per heavy atom. The van der Waals surface area contributed by atoms with Gasteiger partial charge >= 0.3 is 5.97 Å². The molecule has 0 aromatic heterocycles. The lowest BCUT2D eigenvalue weighted by Crippen LogP contribution is -2.42. The molecule has 0 unspecified atom stereocenters. The molecule has 0 spiro atoms. The smallest absolute Gasteiger partial charge is 0.329 e. The average Bonchev–Trinajstić information content (AvgIpc) is 2.10. The Balaban J connectivity index is 4.10. The van der Waals surface area contributed by atoms with Gasteiger partial charge < -0.3 is 10.1 Å². The highest BCUT2D eigenvalue weighted by atomic mass is 32.2. The van der Waals surface area contributed by atoms with E-state index < -0.39 is 12.0 Å². The molecule has 1 atom stereocenters. The molecule has 0 heterocycles. The minimum absolute atomic E-state index is 0.218. The summed E-state index contributed by atoms with van der Waals surface area (Å²) in [5.41, 5.74) is 0. The first-order valence-corrected chi connectivity index (χ1v) is 5.48. The zero-order valence-electron chi connectivity index (χ0n) is 8.99. The quantitative estimate of drug-likeness (QED) is 0.695. The van der Waals surface area contributed by atoms with Gasteiger partial charge in [0, 0.05) is 12.7 Å². The van der Waals surface area contributed by atoms with Crippen LogP contribution in [0.4, 0.5) is 0 Å². The third-order valence-electron chi connectivity index (χ3n) is 1.46. The third kappa shape index (κ3) is 5.85. The molecule has 0 aliphatic heterocycles. The highest BCUT2D eigenvalue weighted by Gasteiger charge is 2.20. The summed E-state index contributed by atoms with van der Waals surface area (Å²) in [5, 5.41) is 2.98. The third-order valence-corrected chi connectivity index (χ3v) is 2.65. The molecule has 0 aliphatic carbocycles. The Hall–Kier alpha value is -0.710. The molecule has 0 aromatic carbocycles. The van der Waals surface area contributed by atoms with Crippen LogP contribution in [0, 0.1) is 0 Å². The van der Waals surface area contributed by atoms with Crippen LogP contribution in [0.15, 0.2) is 0 Å². The molecular weight excluding hydrogens is 202 g/mol. The van der Waals surface area contributed by atoms with Crippen molar-refractivity contribution in [2.24, 2.45) is 0 Å². The maximum atomic E-state index is 11.2. The number of hydrogen-bond donors (Lipinski definition) is 1. The van der Waals surface area contributed by atoms with Crippen LogP contribution < -0.4 is 5.32 Å². The van der Waals surface area contributed by atoms with Crippen molar-refractivity contribution in [1.29, 1.82) is 0 Å². The van der Waals surface area contributed by atoms with E-state index in [0.29, 0.717) is 11.0 Å². The Morgan fingerprint density at radius 1 is 1.43 bits per heavy atom. The molecule has 82 valence electrons. The predicted octanol–water partition coefficient (Wildman–Crippen LogP) is 0.806. The van der Waals surface area contributed by atoms with Crippen LogP contribution in [-0.2, 0) is 14.3 Å². The SMILES string of the molecule is COC(=O)[C@H](CSC(C)C)NC(C)=O. The van der Waals surface area contributed by atoms with Crippen molar-refractivity contribution in [2.75, 3.05) is 12.9 Å². The van der Waals surface area contributed by atoms with Gasteiger partial charge in [0.2, 0.25) is 5.91 Å². The van der Waals surface area contributed by atoms with Crippen LogP contribution in [0.2, 0.25) is 0 Å². The van der Waals surface area contributed by atoms with Crippen LogP contribution in [0.5, 0.6) is 0 Å². The fourth-order valence-electron chi connectivity index (χ4n) is 0.845. The summed E-state index contributed by atoms with van der Waals surface area (Å²) in [5.74, 6) is -0.0673. The maximum absolute atomic E-state index is 11.2. The van der Waals surface area contributed by atoms with Gasteiger partial charge in [-0.1, -0.05) is 13.8 Å². The summed E-state index contributed by atoms with van der Waals surface area (Å²) >= 11 is 1.61. The zero-order valence-corrected chi connectivity index (χ0v) is 9.81. The number of thioether (sulfide) groups is 1. The van der Waals surface area contributed by atoms with E-state index in [9.17, 15) is 9.59 Å². The van der Waals surface area contributed by atoms with Gasteiger partial charge in [-0.2, -0.15) is 11.8 Å². The molecule has 5 heteroatoms. The van der Waals surface area contributed by atoms with Crippen molar-refractivity contribution in [3.8, 4) is 0 Å². The molecule has 0 aliphatic rings.